The lowest BCUT2D eigenvalue weighted by atomic mass is 9.85. The molecule has 0 radical (unpaired) electrons. The van der Waals surface area contributed by atoms with Crippen molar-refractivity contribution in [2.75, 3.05) is 18.9 Å². The first-order chi connectivity index (χ1) is 10.0. The largest absolute Gasteiger partial charge is 0.355 e. The maximum Gasteiger partial charge on any atom is 0.251 e. The van der Waals surface area contributed by atoms with Crippen LogP contribution < -0.4 is 16.4 Å². The summed E-state index contributed by atoms with van der Waals surface area (Å²) in [6, 6.07) is 5.34. The van der Waals surface area contributed by atoms with Crippen LogP contribution >= 0.6 is 12.4 Å². The lowest BCUT2D eigenvalue weighted by Crippen LogP contribution is -2.40. The second-order valence-electron chi connectivity index (χ2n) is 5.70. The Balaban J connectivity index is 0.00000242. The molecule has 1 fully saturated rings. The first kappa shape index (κ1) is 18.5. The SMILES string of the molecule is CNC(=O)c1cccc(NC(=O)C2(CN)CCCC2)c1C.Cl. The Morgan fingerprint density at radius 2 is 1.91 bits per heavy atom. The van der Waals surface area contributed by atoms with E-state index in [0.717, 1.165) is 31.2 Å². The van der Waals surface area contributed by atoms with Crippen LogP contribution in [0.3, 0.4) is 0 Å². The molecule has 4 N–H and O–H groups in total. The van der Waals surface area contributed by atoms with E-state index >= 15 is 0 Å². The topological polar surface area (TPSA) is 84.2 Å². The van der Waals surface area contributed by atoms with E-state index in [9.17, 15) is 9.59 Å². The third kappa shape index (κ3) is 3.42. The van der Waals surface area contributed by atoms with Crippen LogP contribution in [0, 0.1) is 12.3 Å². The molecule has 0 aromatic heterocycles. The Morgan fingerprint density at radius 3 is 2.45 bits per heavy atom. The minimum absolute atomic E-state index is 0. The van der Waals surface area contributed by atoms with Gasteiger partial charge in [0, 0.05) is 24.8 Å². The van der Waals surface area contributed by atoms with Gasteiger partial charge in [-0.15, -0.1) is 12.4 Å². The molecule has 122 valence electrons. The number of halogens is 1. The van der Waals surface area contributed by atoms with E-state index < -0.39 is 5.41 Å². The summed E-state index contributed by atoms with van der Waals surface area (Å²) in [6.07, 6.45) is 3.76. The predicted molar refractivity (Wildman–Crippen MR) is 90.4 cm³/mol. The van der Waals surface area contributed by atoms with Crippen LogP contribution in [0.25, 0.3) is 0 Å². The fourth-order valence-corrected chi connectivity index (χ4v) is 2.98. The highest BCUT2D eigenvalue weighted by Gasteiger charge is 2.39. The molecule has 1 saturated carbocycles. The molecule has 1 aromatic carbocycles. The van der Waals surface area contributed by atoms with Crippen molar-refractivity contribution in [3.8, 4) is 0 Å². The normalized spacial score (nSPS) is 15.8. The van der Waals surface area contributed by atoms with Crippen molar-refractivity contribution in [1.82, 2.24) is 5.32 Å². The quantitative estimate of drug-likeness (QED) is 0.793. The first-order valence-corrected chi connectivity index (χ1v) is 7.37. The van der Waals surface area contributed by atoms with Crippen molar-refractivity contribution in [2.24, 2.45) is 11.1 Å². The Kier molecular flexibility index (Phi) is 6.38. The van der Waals surface area contributed by atoms with Gasteiger partial charge in [-0.25, -0.2) is 0 Å². The molecule has 1 aliphatic rings. The van der Waals surface area contributed by atoms with Gasteiger partial charge in [0.15, 0.2) is 0 Å². The van der Waals surface area contributed by atoms with Crippen LogP contribution in [0.2, 0.25) is 0 Å². The van der Waals surface area contributed by atoms with Crippen molar-refractivity contribution in [2.45, 2.75) is 32.6 Å². The van der Waals surface area contributed by atoms with Gasteiger partial charge in [0.25, 0.3) is 5.91 Å². The van der Waals surface area contributed by atoms with Crippen LogP contribution in [0.4, 0.5) is 5.69 Å². The number of hydrogen-bond acceptors (Lipinski definition) is 3. The minimum Gasteiger partial charge on any atom is -0.355 e. The summed E-state index contributed by atoms with van der Waals surface area (Å²) in [7, 11) is 1.59. The molecule has 0 bridgehead atoms. The molecule has 5 nitrogen and oxygen atoms in total. The van der Waals surface area contributed by atoms with E-state index in [1.54, 1.807) is 19.2 Å². The molecule has 22 heavy (non-hydrogen) atoms. The fraction of sp³-hybridized carbons (Fsp3) is 0.500. The standard InChI is InChI=1S/C16H23N3O2.ClH/c1-11-12(14(20)18-2)6-5-7-13(11)19-15(21)16(10-17)8-3-4-9-16;/h5-7H,3-4,8-10,17H2,1-2H3,(H,18,20)(H,19,21);1H. The van der Waals surface area contributed by atoms with E-state index in [2.05, 4.69) is 10.6 Å². The highest BCUT2D eigenvalue weighted by Crippen LogP contribution is 2.38. The third-order valence-electron chi connectivity index (χ3n) is 4.49. The number of hydrogen-bond donors (Lipinski definition) is 3. The molecule has 1 aliphatic carbocycles. The molecule has 0 atom stereocenters. The van der Waals surface area contributed by atoms with Crippen LogP contribution in [-0.2, 0) is 4.79 Å². The summed E-state index contributed by atoms with van der Waals surface area (Å²) in [4.78, 5) is 24.4. The highest BCUT2D eigenvalue weighted by molar-refractivity contribution is 6.00. The molecule has 1 aromatic rings. The first-order valence-electron chi connectivity index (χ1n) is 7.37. The van der Waals surface area contributed by atoms with Crippen LogP contribution in [0.1, 0.15) is 41.6 Å². The number of anilines is 1. The van der Waals surface area contributed by atoms with Gasteiger partial charge in [0.2, 0.25) is 5.91 Å². The molecule has 0 saturated heterocycles. The summed E-state index contributed by atoms with van der Waals surface area (Å²) in [5.41, 5.74) is 7.41. The van der Waals surface area contributed by atoms with E-state index in [1.807, 2.05) is 13.0 Å². The zero-order chi connectivity index (χ0) is 15.5. The molecule has 0 aliphatic heterocycles. The smallest absolute Gasteiger partial charge is 0.251 e. The number of carbonyl (C=O) groups is 2. The van der Waals surface area contributed by atoms with Gasteiger partial charge in [-0.3, -0.25) is 9.59 Å². The zero-order valence-corrected chi connectivity index (χ0v) is 13.9. The summed E-state index contributed by atoms with van der Waals surface area (Å²) in [5.74, 6) is -0.183. The van der Waals surface area contributed by atoms with E-state index in [4.69, 9.17) is 5.73 Å². The van der Waals surface area contributed by atoms with Crippen molar-refractivity contribution < 1.29 is 9.59 Å². The second-order valence-corrected chi connectivity index (χ2v) is 5.70. The molecular formula is C16H24ClN3O2. The fourth-order valence-electron chi connectivity index (χ4n) is 2.98. The maximum atomic E-state index is 12.6. The Labute approximate surface area is 137 Å². The maximum absolute atomic E-state index is 12.6. The second kappa shape index (κ2) is 7.61. The molecule has 0 heterocycles. The summed E-state index contributed by atoms with van der Waals surface area (Å²) in [6.45, 7) is 2.21. The number of benzene rings is 1. The third-order valence-corrected chi connectivity index (χ3v) is 4.49. The van der Waals surface area contributed by atoms with Crippen molar-refractivity contribution in [3.05, 3.63) is 29.3 Å². The van der Waals surface area contributed by atoms with Gasteiger partial charge in [-0.05, 0) is 37.5 Å². The minimum atomic E-state index is -0.449. The van der Waals surface area contributed by atoms with Gasteiger partial charge in [-0.1, -0.05) is 18.9 Å². The monoisotopic (exact) mass is 325 g/mol. The lowest BCUT2D eigenvalue weighted by Gasteiger charge is -2.26. The Hall–Kier alpha value is -1.59. The molecule has 0 unspecified atom stereocenters. The van der Waals surface area contributed by atoms with Gasteiger partial charge >= 0.3 is 0 Å². The number of nitrogens with one attached hydrogen (secondary N) is 2. The van der Waals surface area contributed by atoms with Gasteiger partial charge in [0.1, 0.15) is 0 Å². The number of rotatable bonds is 4. The van der Waals surface area contributed by atoms with E-state index in [0.29, 0.717) is 17.8 Å². The average molecular weight is 326 g/mol. The Morgan fingerprint density at radius 1 is 1.27 bits per heavy atom. The summed E-state index contributed by atoms with van der Waals surface area (Å²) < 4.78 is 0. The van der Waals surface area contributed by atoms with Crippen molar-refractivity contribution in [1.29, 1.82) is 0 Å². The number of carbonyl (C=O) groups excluding carboxylic acids is 2. The van der Waals surface area contributed by atoms with Gasteiger partial charge in [-0.2, -0.15) is 0 Å². The zero-order valence-electron chi connectivity index (χ0n) is 13.1. The van der Waals surface area contributed by atoms with Crippen molar-refractivity contribution in [3.63, 3.8) is 0 Å². The predicted octanol–water partition coefficient (Wildman–Crippen LogP) is 2.23. The highest BCUT2D eigenvalue weighted by atomic mass is 35.5. The van der Waals surface area contributed by atoms with Crippen LogP contribution in [0.5, 0.6) is 0 Å². The Bertz CT molecular complexity index is 554. The molecular weight excluding hydrogens is 302 g/mol. The van der Waals surface area contributed by atoms with Gasteiger partial charge in [0.05, 0.1) is 5.41 Å². The molecule has 2 amide bonds. The molecule has 6 heteroatoms. The number of amides is 2. The summed E-state index contributed by atoms with van der Waals surface area (Å²) in [5, 5.41) is 5.57. The van der Waals surface area contributed by atoms with Gasteiger partial charge < -0.3 is 16.4 Å². The van der Waals surface area contributed by atoms with Crippen LogP contribution in [0.15, 0.2) is 18.2 Å². The van der Waals surface area contributed by atoms with E-state index in [-0.39, 0.29) is 24.2 Å². The summed E-state index contributed by atoms with van der Waals surface area (Å²) >= 11 is 0. The van der Waals surface area contributed by atoms with E-state index in [1.165, 1.54) is 0 Å². The average Bonchev–Trinajstić information content (AvgIpc) is 2.98. The molecule has 0 spiro atoms. The number of nitrogens with two attached hydrogens (primary N) is 1. The lowest BCUT2D eigenvalue weighted by molar-refractivity contribution is -0.124. The van der Waals surface area contributed by atoms with Crippen molar-refractivity contribution >= 4 is 29.9 Å². The molecule has 2 rings (SSSR count). The van der Waals surface area contributed by atoms with Crippen LogP contribution in [-0.4, -0.2) is 25.4 Å².